The topological polar surface area (TPSA) is 35.2 Å². The van der Waals surface area contributed by atoms with Gasteiger partial charge in [0, 0.05) is 5.69 Å². The zero-order valence-corrected chi connectivity index (χ0v) is 11.1. The molecule has 0 aliphatic heterocycles. The highest BCUT2D eigenvalue weighted by Crippen LogP contribution is 2.34. The molecule has 21 heavy (non-hydrogen) atoms. The fraction of sp³-hybridized carbons (Fsp3) is 0.200. The van der Waals surface area contributed by atoms with Crippen LogP contribution in [0.4, 0.5) is 23.2 Å². The van der Waals surface area contributed by atoms with E-state index in [0.29, 0.717) is 17.3 Å². The lowest BCUT2D eigenvalue weighted by Gasteiger charge is -2.17. The number of halogens is 4. The molecule has 0 bridgehead atoms. The van der Waals surface area contributed by atoms with E-state index in [9.17, 15) is 17.6 Å². The van der Waals surface area contributed by atoms with E-state index in [0.717, 1.165) is 12.1 Å². The highest BCUT2D eigenvalue weighted by atomic mass is 19.4. The molecule has 2 aromatic carbocycles. The number of ether oxygens (including phenoxy) is 1. The van der Waals surface area contributed by atoms with Crippen LogP contribution >= 0.6 is 0 Å². The Hall–Kier alpha value is -2.24. The minimum atomic E-state index is -4.76. The first kappa shape index (κ1) is 15.2. The maximum Gasteiger partial charge on any atom is 0.419 e. The van der Waals surface area contributed by atoms with Gasteiger partial charge in [0.15, 0.2) is 0 Å². The Morgan fingerprint density at radius 3 is 2.43 bits per heavy atom. The molecule has 0 fully saturated rings. The molecule has 112 valence electrons. The zero-order chi connectivity index (χ0) is 15.6. The van der Waals surface area contributed by atoms with E-state index in [4.69, 9.17) is 10.5 Å². The van der Waals surface area contributed by atoms with Crippen molar-refractivity contribution in [3.05, 3.63) is 59.4 Å². The highest BCUT2D eigenvalue weighted by Gasteiger charge is 2.34. The van der Waals surface area contributed by atoms with Crippen LogP contribution < -0.4 is 10.5 Å². The summed E-state index contributed by atoms with van der Waals surface area (Å²) in [6, 6.07) is 9.37. The third kappa shape index (κ3) is 3.65. The highest BCUT2D eigenvalue weighted by molar-refractivity contribution is 5.41. The average Bonchev–Trinajstić information content (AvgIpc) is 2.39. The lowest BCUT2D eigenvalue weighted by Crippen LogP contribution is -2.09. The van der Waals surface area contributed by atoms with Crippen molar-refractivity contribution in [2.45, 2.75) is 19.2 Å². The fourth-order valence-electron chi connectivity index (χ4n) is 1.88. The van der Waals surface area contributed by atoms with Crippen LogP contribution in [0.25, 0.3) is 0 Å². The van der Waals surface area contributed by atoms with Crippen molar-refractivity contribution in [2.24, 2.45) is 0 Å². The van der Waals surface area contributed by atoms with Gasteiger partial charge in [-0.2, -0.15) is 13.2 Å². The lowest BCUT2D eigenvalue weighted by atomic mass is 10.1. The average molecular weight is 299 g/mol. The first-order chi connectivity index (χ1) is 9.77. The Labute approximate surface area is 119 Å². The molecule has 1 atom stereocenters. The summed E-state index contributed by atoms with van der Waals surface area (Å²) < 4.78 is 56.5. The molecule has 0 spiro atoms. The Bertz CT molecular complexity index is 640. The SMILES string of the molecule is CC(Oc1ccc(F)c(C(F)(F)F)c1)c1cccc(N)c1. The molecule has 0 aliphatic carbocycles. The maximum atomic E-state index is 13.2. The fourth-order valence-corrected chi connectivity index (χ4v) is 1.88. The van der Waals surface area contributed by atoms with Gasteiger partial charge < -0.3 is 10.5 Å². The number of benzene rings is 2. The second-order valence-electron chi connectivity index (χ2n) is 4.57. The standard InChI is InChI=1S/C15H13F4NO/c1-9(10-3-2-4-11(20)7-10)21-12-5-6-14(16)13(8-12)15(17,18)19/h2-9H,20H2,1H3. The van der Waals surface area contributed by atoms with Gasteiger partial charge in [-0.3, -0.25) is 0 Å². The Kier molecular flexibility index (Phi) is 4.06. The molecule has 2 aromatic rings. The van der Waals surface area contributed by atoms with Crippen molar-refractivity contribution < 1.29 is 22.3 Å². The van der Waals surface area contributed by atoms with Gasteiger partial charge in [0.1, 0.15) is 17.7 Å². The summed E-state index contributed by atoms with van der Waals surface area (Å²) in [7, 11) is 0. The smallest absolute Gasteiger partial charge is 0.419 e. The largest absolute Gasteiger partial charge is 0.486 e. The van der Waals surface area contributed by atoms with Crippen LogP contribution in [0.3, 0.4) is 0 Å². The minimum Gasteiger partial charge on any atom is -0.486 e. The van der Waals surface area contributed by atoms with Gasteiger partial charge >= 0.3 is 6.18 Å². The molecule has 0 radical (unpaired) electrons. The van der Waals surface area contributed by atoms with E-state index in [1.54, 1.807) is 31.2 Å². The van der Waals surface area contributed by atoms with E-state index in [1.165, 1.54) is 0 Å². The molecule has 0 saturated heterocycles. The first-order valence-corrected chi connectivity index (χ1v) is 6.16. The van der Waals surface area contributed by atoms with E-state index in [1.807, 2.05) is 0 Å². The third-order valence-corrected chi connectivity index (χ3v) is 2.94. The summed E-state index contributed by atoms with van der Waals surface area (Å²) >= 11 is 0. The summed E-state index contributed by atoms with van der Waals surface area (Å²) in [6.45, 7) is 1.67. The molecule has 2 nitrogen and oxygen atoms in total. The predicted octanol–water partition coefficient (Wildman–Crippen LogP) is 4.57. The molecular weight excluding hydrogens is 286 g/mol. The molecule has 0 amide bonds. The number of nitrogens with two attached hydrogens (primary N) is 1. The van der Waals surface area contributed by atoms with Crippen molar-refractivity contribution in [1.82, 2.24) is 0 Å². The van der Waals surface area contributed by atoms with E-state index < -0.39 is 23.7 Å². The number of rotatable bonds is 3. The molecule has 1 unspecified atom stereocenters. The van der Waals surface area contributed by atoms with Crippen LogP contribution in [0, 0.1) is 5.82 Å². The molecule has 0 heterocycles. The van der Waals surface area contributed by atoms with Gasteiger partial charge in [-0.15, -0.1) is 0 Å². The third-order valence-electron chi connectivity index (χ3n) is 2.94. The lowest BCUT2D eigenvalue weighted by molar-refractivity contribution is -0.140. The van der Waals surface area contributed by atoms with Gasteiger partial charge in [0.25, 0.3) is 0 Å². The van der Waals surface area contributed by atoms with E-state index in [-0.39, 0.29) is 5.75 Å². The van der Waals surface area contributed by atoms with Crippen molar-refractivity contribution in [3.8, 4) is 5.75 Å². The number of anilines is 1. The second kappa shape index (κ2) is 5.63. The van der Waals surface area contributed by atoms with Gasteiger partial charge in [-0.25, -0.2) is 4.39 Å². The molecular formula is C15H13F4NO. The summed E-state index contributed by atoms with van der Waals surface area (Å²) in [5.74, 6) is -1.38. The Morgan fingerprint density at radius 1 is 1.10 bits per heavy atom. The normalized spacial score (nSPS) is 13.0. The summed E-state index contributed by atoms with van der Waals surface area (Å²) in [6.07, 6.45) is -5.27. The van der Waals surface area contributed by atoms with Crippen LogP contribution in [0.5, 0.6) is 5.75 Å². The number of nitrogen functional groups attached to an aromatic ring is 1. The molecule has 0 aliphatic rings. The minimum absolute atomic E-state index is 0.0568. The number of alkyl halides is 3. The Morgan fingerprint density at radius 2 is 1.81 bits per heavy atom. The van der Waals surface area contributed by atoms with E-state index >= 15 is 0 Å². The Balaban J connectivity index is 2.24. The molecule has 2 rings (SSSR count). The second-order valence-corrected chi connectivity index (χ2v) is 4.57. The van der Waals surface area contributed by atoms with Gasteiger partial charge in [0.2, 0.25) is 0 Å². The zero-order valence-electron chi connectivity index (χ0n) is 11.1. The van der Waals surface area contributed by atoms with Gasteiger partial charge in [-0.05, 0) is 42.8 Å². The number of hydrogen-bond donors (Lipinski definition) is 1. The van der Waals surface area contributed by atoms with Gasteiger partial charge in [0.05, 0.1) is 5.56 Å². The summed E-state index contributed by atoms with van der Waals surface area (Å²) in [5.41, 5.74) is 5.53. The molecule has 0 aromatic heterocycles. The molecule has 0 saturated carbocycles. The monoisotopic (exact) mass is 299 g/mol. The maximum absolute atomic E-state index is 13.2. The number of hydrogen-bond acceptors (Lipinski definition) is 2. The van der Waals surface area contributed by atoms with Crippen LogP contribution in [0.15, 0.2) is 42.5 Å². The van der Waals surface area contributed by atoms with Crippen LogP contribution in [-0.2, 0) is 6.18 Å². The molecule has 6 heteroatoms. The van der Waals surface area contributed by atoms with Crippen molar-refractivity contribution in [1.29, 1.82) is 0 Å². The van der Waals surface area contributed by atoms with Crippen LogP contribution in [0.2, 0.25) is 0 Å². The van der Waals surface area contributed by atoms with Gasteiger partial charge in [-0.1, -0.05) is 12.1 Å². The predicted molar refractivity (Wildman–Crippen MR) is 71.3 cm³/mol. The quantitative estimate of drug-likeness (QED) is 0.665. The van der Waals surface area contributed by atoms with Crippen molar-refractivity contribution in [3.63, 3.8) is 0 Å². The molecule has 2 N–H and O–H groups in total. The first-order valence-electron chi connectivity index (χ1n) is 6.16. The van der Waals surface area contributed by atoms with Crippen molar-refractivity contribution in [2.75, 3.05) is 5.73 Å². The summed E-state index contributed by atoms with van der Waals surface area (Å²) in [5, 5.41) is 0. The summed E-state index contributed by atoms with van der Waals surface area (Å²) in [4.78, 5) is 0. The van der Waals surface area contributed by atoms with E-state index in [2.05, 4.69) is 0 Å². The van der Waals surface area contributed by atoms with Crippen LogP contribution in [0.1, 0.15) is 24.2 Å². The van der Waals surface area contributed by atoms with Crippen molar-refractivity contribution >= 4 is 5.69 Å². The van der Waals surface area contributed by atoms with Crippen LogP contribution in [-0.4, -0.2) is 0 Å².